The van der Waals surface area contributed by atoms with Crippen molar-refractivity contribution in [1.29, 1.82) is 0 Å². The number of carbonyl (C=O) groups excluding carboxylic acids is 1. The molecule has 2 aliphatic heterocycles. The number of aromatic nitrogens is 2. The molecule has 0 spiro atoms. The van der Waals surface area contributed by atoms with Crippen LogP contribution in [0, 0.1) is 5.82 Å². The number of benzene rings is 1. The molecule has 0 aliphatic carbocycles. The maximum absolute atomic E-state index is 13.6. The zero-order valence-corrected chi connectivity index (χ0v) is 20.0. The fourth-order valence-corrected chi connectivity index (χ4v) is 6.16. The molecule has 2 aliphatic rings. The minimum atomic E-state index is -3.41. The SMILES string of the molecule is CCS(=O)(=O)N[C@@H]1C[C@@](Cc2cccc(-c3ncc(F)cn3)c2)(C(=O)N(C)C)N2CCC[C@@H]12. The molecule has 2 fully saturated rings. The number of likely N-dealkylation sites (N-methyl/N-ethyl adjacent to an activating group) is 1. The third-order valence-corrected chi connectivity index (χ3v) is 8.11. The summed E-state index contributed by atoms with van der Waals surface area (Å²) in [6, 6.07) is 7.27. The third-order valence-electron chi connectivity index (χ3n) is 6.69. The van der Waals surface area contributed by atoms with Gasteiger partial charge >= 0.3 is 0 Å². The topological polar surface area (TPSA) is 95.5 Å². The predicted molar refractivity (Wildman–Crippen MR) is 123 cm³/mol. The zero-order valence-electron chi connectivity index (χ0n) is 19.2. The maximum Gasteiger partial charge on any atom is 0.242 e. The summed E-state index contributed by atoms with van der Waals surface area (Å²) in [5, 5.41) is 0. The zero-order chi connectivity index (χ0) is 23.8. The summed E-state index contributed by atoms with van der Waals surface area (Å²) in [6.45, 7) is 2.36. The van der Waals surface area contributed by atoms with E-state index < -0.39 is 21.4 Å². The van der Waals surface area contributed by atoms with Gasteiger partial charge in [-0.25, -0.2) is 27.5 Å². The third kappa shape index (κ3) is 4.64. The Morgan fingerprint density at radius 2 is 2.03 bits per heavy atom. The van der Waals surface area contributed by atoms with Crippen LogP contribution in [0.2, 0.25) is 0 Å². The molecule has 1 aromatic carbocycles. The van der Waals surface area contributed by atoms with E-state index in [-0.39, 0.29) is 23.7 Å². The molecule has 8 nitrogen and oxygen atoms in total. The molecule has 33 heavy (non-hydrogen) atoms. The minimum absolute atomic E-state index is 0.00453. The van der Waals surface area contributed by atoms with Crippen LogP contribution >= 0.6 is 0 Å². The molecule has 3 heterocycles. The van der Waals surface area contributed by atoms with Crippen molar-refractivity contribution in [2.24, 2.45) is 0 Å². The second-order valence-electron chi connectivity index (χ2n) is 9.07. The fraction of sp³-hybridized carbons (Fsp3) is 0.522. The number of carbonyl (C=O) groups is 1. The van der Waals surface area contributed by atoms with E-state index in [1.54, 1.807) is 25.9 Å². The van der Waals surface area contributed by atoms with Gasteiger partial charge in [0, 0.05) is 31.7 Å². The van der Waals surface area contributed by atoms with Crippen LogP contribution < -0.4 is 4.72 Å². The van der Waals surface area contributed by atoms with E-state index in [4.69, 9.17) is 0 Å². The number of rotatable bonds is 7. The van der Waals surface area contributed by atoms with Crippen LogP contribution in [0.25, 0.3) is 11.4 Å². The maximum atomic E-state index is 13.6. The molecule has 178 valence electrons. The normalized spacial score (nSPS) is 25.2. The van der Waals surface area contributed by atoms with Gasteiger partial charge in [0.05, 0.1) is 18.1 Å². The van der Waals surface area contributed by atoms with Gasteiger partial charge in [0.2, 0.25) is 15.9 Å². The highest BCUT2D eigenvalue weighted by atomic mass is 32.2. The first-order valence-electron chi connectivity index (χ1n) is 11.2. The first-order chi connectivity index (χ1) is 15.6. The molecule has 2 aromatic rings. The highest BCUT2D eigenvalue weighted by Gasteiger charge is 2.58. The Morgan fingerprint density at radius 1 is 1.30 bits per heavy atom. The van der Waals surface area contributed by atoms with E-state index in [9.17, 15) is 17.6 Å². The van der Waals surface area contributed by atoms with E-state index in [0.29, 0.717) is 18.7 Å². The quantitative estimate of drug-likeness (QED) is 0.657. The van der Waals surface area contributed by atoms with E-state index in [1.807, 2.05) is 24.3 Å². The van der Waals surface area contributed by atoms with Gasteiger partial charge in [-0.1, -0.05) is 18.2 Å². The van der Waals surface area contributed by atoms with Gasteiger partial charge in [-0.3, -0.25) is 9.69 Å². The smallest absolute Gasteiger partial charge is 0.242 e. The summed E-state index contributed by atoms with van der Waals surface area (Å²) in [5.74, 6) is -0.122. The van der Waals surface area contributed by atoms with Gasteiger partial charge in [-0.15, -0.1) is 0 Å². The Labute approximate surface area is 194 Å². The van der Waals surface area contributed by atoms with Crippen molar-refractivity contribution in [3.8, 4) is 11.4 Å². The molecule has 0 bridgehead atoms. The van der Waals surface area contributed by atoms with Gasteiger partial charge in [-0.2, -0.15) is 0 Å². The highest BCUT2D eigenvalue weighted by Crippen LogP contribution is 2.43. The number of fused-ring (bicyclic) bond motifs is 1. The van der Waals surface area contributed by atoms with E-state index in [1.165, 1.54) is 0 Å². The standard InChI is InChI=1S/C23H30FN5O3S/c1-4-33(31,32)27-19-13-23(22(30)28(2)3,29-10-6-9-20(19)29)12-16-7-5-8-17(11-16)21-25-14-18(24)15-26-21/h5,7-8,11,14-15,19-20,27H,4,6,9-10,12-13H2,1-3H3/t19-,20+,23+/m1/s1. The van der Waals surface area contributed by atoms with Crippen molar-refractivity contribution in [3.63, 3.8) is 0 Å². The Bertz CT molecular complexity index is 1130. The van der Waals surface area contributed by atoms with Crippen LogP contribution in [0.15, 0.2) is 36.7 Å². The summed E-state index contributed by atoms with van der Waals surface area (Å²) in [5.41, 5.74) is 0.799. The van der Waals surface area contributed by atoms with Crippen LogP contribution in [0.3, 0.4) is 0 Å². The van der Waals surface area contributed by atoms with Gasteiger partial charge in [0.25, 0.3) is 0 Å². The Hall–Kier alpha value is -2.43. The number of nitrogens with zero attached hydrogens (tertiary/aromatic N) is 4. The molecule has 0 saturated carbocycles. The number of amides is 1. The molecule has 1 N–H and O–H groups in total. The summed E-state index contributed by atoms with van der Waals surface area (Å²) < 4.78 is 40.9. The van der Waals surface area contributed by atoms with Crippen LogP contribution in [-0.4, -0.2) is 78.1 Å². The number of hydrogen-bond donors (Lipinski definition) is 1. The summed E-state index contributed by atoms with van der Waals surface area (Å²) >= 11 is 0. The first kappa shape index (κ1) is 23.7. The summed E-state index contributed by atoms with van der Waals surface area (Å²) in [7, 11) is 0.0696. The number of sulfonamides is 1. The van der Waals surface area contributed by atoms with Crippen LogP contribution in [0.1, 0.15) is 31.7 Å². The lowest BCUT2D eigenvalue weighted by atomic mass is 9.85. The predicted octanol–water partition coefficient (Wildman–Crippen LogP) is 1.83. The van der Waals surface area contributed by atoms with Crippen LogP contribution in [0.5, 0.6) is 0 Å². The second-order valence-corrected chi connectivity index (χ2v) is 11.1. The lowest BCUT2D eigenvalue weighted by Gasteiger charge is -2.39. The molecular weight excluding hydrogens is 445 g/mol. The number of halogens is 1. The van der Waals surface area contributed by atoms with Crippen LogP contribution in [0.4, 0.5) is 4.39 Å². The molecule has 1 amide bonds. The molecule has 1 aromatic heterocycles. The van der Waals surface area contributed by atoms with Gasteiger partial charge in [0.15, 0.2) is 11.6 Å². The van der Waals surface area contributed by atoms with Crippen molar-refractivity contribution in [3.05, 3.63) is 48.0 Å². The first-order valence-corrected chi connectivity index (χ1v) is 12.9. The average Bonchev–Trinajstić information content (AvgIpc) is 3.38. The number of nitrogens with one attached hydrogen (secondary N) is 1. The fourth-order valence-electron chi connectivity index (χ4n) is 5.29. The Kier molecular flexibility index (Phi) is 6.52. The van der Waals surface area contributed by atoms with E-state index in [2.05, 4.69) is 19.6 Å². The largest absolute Gasteiger partial charge is 0.347 e. The molecule has 4 rings (SSSR count). The monoisotopic (exact) mass is 475 g/mol. The van der Waals surface area contributed by atoms with Crippen molar-refractivity contribution in [2.45, 2.75) is 50.2 Å². The Morgan fingerprint density at radius 3 is 2.70 bits per heavy atom. The number of hydrogen-bond acceptors (Lipinski definition) is 6. The molecule has 10 heteroatoms. The summed E-state index contributed by atoms with van der Waals surface area (Å²) in [6.07, 6.45) is 4.86. The molecule has 0 radical (unpaired) electrons. The average molecular weight is 476 g/mol. The van der Waals surface area contributed by atoms with Crippen molar-refractivity contribution < 1.29 is 17.6 Å². The Balaban J connectivity index is 1.71. The van der Waals surface area contributed by atoms with Crippen molar-refractivity contribution in [2.75, 3.05) is 26.4 Å². The van der Waals surface area contributed by atoms with E-state index >= 15 is 0 Å². The minimum Gasteiger partial charge on any atom is -0.347 e. The van der Waals surface area contributed by atoms with Crippen molar-refractivity contribution in [1.82, 2.24) is 24.5 Å². The van der Waals surface area contributed by atoms with E-state index in [0.717, 1.165) is 42.9 Å². The molecule has 2 saturated heterocycles. The summed E-state index contributed by atoms with van der Waals surface area (Å²) in [4.78, 5) is 25.6. The van der Waals surface area contributed by atoms with Crippen LogP contribution in [-0.2, 0) is 21.2 Å². The lowest BCUT2D eigenvalue weighted by molar-refractivity contribution is -0.140. The van der Waals surface area contributed by atoms with Crippen molar-refractivity contribution >= 4 is 15.9 Å². The van der Waals surface area contributed by atoms with Gasteiger partial charge in [-0.05, 0) is 50.8 Å². The molecular formula is C23H30FN5O3S. The molecule has 0 unspecified atom stereocenters. The van der Waals surface area contributed by atoms with Gasteiger partial charge in [0.1, 0.15) is 5.54 Å². The van der Waals surface area contributed by atoms with Gasteiger partial charge < -0.3 is 4.90 Å². The molecule has 3 atom stereocenters. The lowest BCUT2D eigenvalue weighted by Crippen LogP contribution is -2.57. The highest BCUT2D eigenvalue weighted by molar-refractivity contribution is 7.89. The second kappa shape index (κ2) is 9.08.